The van der Waals surface area contributed by atoms with Crippen LogP contribution in [0.25, 0.3) is 0 Å². The summed E-state index contributed by atoms with van der Waals surface area (Å²) in [7, 11) is 0. The van der Waals surface area contributed by atoms with Crippen molar-refractivity contribution in [1.82, 2.24) is 4.90 Å². The number of thiocarbonyl (C=S) groups is 1. The molecule has 1 fully saturated rings. The first kappa shape index (κ1) is 13.5. The number of hydrogen-bond acceptors (Lipinski definition) is 3. The first-order valence-corrected chi connectivity index (χ1v) is 6.66. The molecule has 2 N–H and O–H groups in total. The Morgan fingerprint density at radius 1 is 1.50 bits per heavy atom. The summed E-state index contributed by atoms with van der Waals surface area (Å²) < 4.78 is 5.55. The minimum absolute atomic E-state index is 0.0983. The molecule has 1 unspecified atom stereocenters. The lowest BCUT2D eigenvalue weighted by atomic mass is 10.0. The van der Waals surface area contributed by atoms with Crippen LogP contribution in [0.15, 0.2) is 18.2 Å². The Bertz CT molecular complexity index is 447. The number of nitrogens with two attached hydrogens (primary N) is 1. The number of nitrogens with zero attached hydrogens (tertiary/aromatic N) is 1. The van der Waals surface area contributed by atoms with Crippen molar-refractivity contribution in [2.24, 2.45) is 5.73 Å². The van der Waals surface area contributed by atoms with Crippen LogP contribution < -0.4 is 5.73 Å². The lowest BCUT2D eigenvalue weighted by Gasteiger charge is -2.32. The van der Waals surface area contributed by atoms with E-state index in [2.05, 4.69) is 36.9 Å². The van der Waals surface area contributed by atoms with E-state index >= 15 is 0 Å². The van der Waals surface area contributed by atoms with Gasteiger partial charge in [-0.25, -0.2) is 0 Å². The van der Waals surface area contributed by atoms with Crippen LogP contribution in [0.3, 0.4) is 0 Å². The molecule has 98 valence electrons. The second kappa shape index (κ2) is 5.78. The SMILES string of the molecule is Cc1ccc(C)c(CN2CCOC(C(N)=S)C2)c1. The molecule has 0 amide bonds. The highest BCUT2D eigenvalue weighted by atomic mass is 32.1. The van der Waals surface area contributed by atoms with Crippen molar-refractivity contribution in [3.8, 4) is 0 Å². The Morgan fingerprint density at radius 2 is 2.28 bits per heavy atom. The van der Waals surface area contributed by atoms with Crippen molar-refractivity contribution in [1.29, 1.82) is 0 Å². The summed E-state index contributed by atoms with van der Waals surface area (Å²) in [5.74, 6) is 0. The molecule has 0 aliphatic carbocycles. The van der Waals surface area contributed by atoms with E-state index in [1.165, 1.54) is 16.7 Å². The van der Waals surface area contributed by atoms with Gasteiger partial charge in [0.1, 0.15) is 11.1 Å². The van der Waals surface area contributed by atoms with Crippen LogP contribution in [0, 0.1) is 13.8 Å². The fourth-order valence-corrected chi connectivity index (χ4v) is 2.37. The summed E-state index contributed by atoms with van der Waals surface area (Å²) in [6.07, 6.45) is -0.0983. The maximum atomic E-state index is 5.66. The standard InChI is InChI=1S/C14H20N2OS/c1-10-3-4-11(2)12(7-10)8-16-5-6-17-13(9-16)14(15)18/h3-4,7,13H,5-6,8-9H2,1-2H3,(H2,15,18). The molecule has 1 aromatic carbocycles. The van der Waals surface area contributed by atoms with Crippen LogP contribution in [-0.4, -0.2) is 35.7 Å². The maximum absolute atomic E-state index is 5.66. The van der Waals surface area contributed by atoms with Gasteiger partial charge in [-0.1, -0.05) is 36.0 Å². The van der Waals surface area contributed by atoms with E-state index in [0.29, 0.717) is 11.6 Å². The zero-order chi connectivity index (χ0) is 13.1. The minimum atomic E-state index is -0.0983. The van der Waals surface area contributed by atoms with Crippen LogP contribution in [0.2, 0.25) is 0 Å². The Morgan fingerprint density at radius 3 is 3.00 bits per heavy atom. The van der Waals surface area contributed by atoms with Crippen LogP contribution in [-0.2, 0) is 11.3 Å². The van der Waals surface area contributed by atoms with Crippen molar-refractivity contribution >= 4 is 17.2 Å². The second-order valence-electron chi connectivity index (χ2n) is 4.93. The van der Waals surface area contributed by atoms with Gasteiger partial charge in [0.2, 0.25) is 0 Å². The highest BCUT2D eigenvalue weighted by Gasteiger charge is 2.22. The van der Waals surface area contributed by atoms with Gasteiger partial charge >= 0.3 is 0 Å². The summed E-state index contributed by atoms with van der Waals surface area (Å²) in [6, 6.07) is 6.58. The number of hydrogen-bond donors (Lipinski definition) is 1. The van der Waals surface area contributed by atoms with E-state index in [0.717, 1.165) is 19.6 Å². The largest absolute Gasteiger partial charge is 0.391 e. The first-order chi connectivity index (χ1) is 8.56. The molecule has 18 heavy (non-hydrogen) atoms. The number of morpholine rings is 1. The minimum Gasteiger partial charge on any atom is -0.391 e. The van der Waals surface area contributed by atoms with Crippen LogP contribution in [0.5, 0.6) is 0 Å². The fourth-order valence-electron chi connectivity index (χ4n) is 2.23. The molecule has 1 saturated heterocycles. The van der Waals surface area contributed by atoms with Crippen LogP contribution >= 0.6 is 12.2 Å². The second-order valence-corrected chi connectivity index (χ2v) is 5.40. The predicted molar refractivity (Wildman–Crippen MR) is 77.7 cm³/mol. The lowest BCUT2D eigenvalue weighted by Crippen LogP contribution is -2.47. The molecule has 1 aliphatic rings. The van der Waals surface area contributed by atoms with Gasteiger partial charge in [-0.2, -0.15) is 0 Å². The van der Waals surface area contributed by atoms with Crippen LogP contribution in [0.4, 0.5) is 0 Å². The van der Waals surface area contributed by atoms with Gasteiger partial charge in [-0.15, -0.1) is 0 Å². The fraction of sp³-hybridized carbons (Fsp3) is 0.500. The third-order valence-electron chi connectivity index (χ3n) is 3.37. The molecule has 0 spiro atoms. The molecule has 1 aromatic rings. The molecular weight excluding hydrogens is 244 g/mol. The topological polar surface area (TPSA) is 38.5 Å². The molecule has 0 saturated carbocycles. The zero-order valence-electron chi connectivity index (χ0n) is 11.0. The quantitative estimate of drug-likeness (QED) is 0.845. The number of benzene rings is 1. The monoisotopic (exact) mass is 264 g/mol. The van der Waals surface area contributed by atoms with Crippen LogP contribution in [0.1, 0.15) is 16.7 Å². The summed E-state index contributed by atoms with van der Waals surface area (Å²) >= 11 is 5.01. The molecular formula is C14H20N2OS. The van der Waals surface area contributed by atoms with E-state index in [1.54, 1.807) is 0 Å². The average Bonchev–Trinajstić information content (AvgIpc) is 2.34. The molecule has 4 heteroatoms. The molecule has 0 aromatic heterocycles. The van der Waals surface area contributed by atoms with E-state index in [4.69, 9.17) is 22.7 Å². The third kappa shape index (κ3) is 3.28. The Balaban J connectivity index is 2.04. The molecule has 0 bridgehead atoms. The molecule has 1 atom stereocenters. The third-order valence-corrected chi connectivity index (χ3v) is 3.63. The molecule has 3 nitrogen and oxygen atoms in total. The van der Waals surface area contributed by atoms with E-state index < -0.39 is 0 Å². The normalized spacial score (nSPS) is 20.9. The molecule has 1 aliphatic heterocycles. The van der Waals surface area contributed by atoms with Crippen molar-refractivity contribution in [2.75, 3.05) is 19.7 Å². The number of aryl methyl sites for hydroxylation is 2. The van der Waals surface area contributed by atoms with Gasteiger partial charge < -0.3 is 10.5 Å². The van der Waals surface area contributed by atoms with E-state index in [-0.39, 0.29) is 6.10 Å². The first-order valence-electron chi connectivity index (χ1n) is 6.25. The smallest absolute Gasteiger partial charge is 0.120 e. The molecule has 1 heterocycles. The number of ether oxygens (including phenoxy) is 1. The molecule has 2 rings (SSSR count). The summed E-state index contributed by atoms with van der Waals surface area (Å²) in [5.41, 5.74) is 9.66. The Labute approximate surface area is 114 Å². The van der Waals surface area contributed by atoms with Crippen molar-refractivity contribution in [2.45, 2.75) is 26.5 Å². The summed E-state index contributed by atoms with van der Waals surface area (Å²) in [5, 5.41) is 0. The molecule has 0 radical (unpaired) electrons. The highest BCUT2D eigenvalue weighted by Crippen LogP contribution is 2.15. The van der Waals surface area contributed by atoms with Gasteiger partial charge in [-0.05, 0) is 25.0 Å². The van der Waals surface area contributed by atoms with Crippen molar-refractivity contribution in [3.63, 3.8) is 0 Å². The van der Waals surface area contributed by atoms with Crippen molar-refractivity contribution < 1.29 is 4.74 Å². The lowest BCUT2D eigenvalue weighted by molar-refractivity contribution is 0.00384. The van der Waals surface area contributed by atoms with Crippen molar-refractivity contribution in [3.05, 3.63) is 34.9 Å². The van der Waals surface area contributed by atoms with Gasteiger partial charge in [0.25, 0.3) is 0 Å². The van der Waals surface area contributed by atoms with Gasteiger partial charge in [0.05, 0.1) is 6.61 Å². The number of rotatable bonds is 3. The van der Waals surface area contributed by atoms with E-state index in [9.17, 15) is 0 Å². The van der Waals surface area contributed by atoms with Gasteiger partial charge in [-0.3, -0.25) is 4.90 Å². The van der Waals surface area contributed by atoms with E-state index in [1.807, 2.05) is 0 Å². The zero-order valence-corrected chi connectivity index (χ0v) is 11.8. The predicted octanol–water partition coefficient (Wildman–Crippen LogP) is 1.79. The van der Waals surface area contributed by atoms with Gasteiger partial charge in [0, 0.05) is 19.6 Å². The average molecular weight is 264 g/mol. The van der Waals surface area contributed by atoms with Gasteiger partial charge in [0.15, 0.2) is 0 Å². The summed E-state index contributed by atoms with van der Waals surface area (Å²) in [6.45, 7) is 7.65. The summed E-state index contributed by atoms with van der Waals surface area (Å²) in [4.78, 5) is 2.82. The Hall–Kier alpha value is -0.970. The Kier molecular flexibility index (Phi) is 4.32. The highest BCUT2D eigenvalue weighted by molar-refractivity contribution is 7.80. The maximum Gasteiger partial charge on any atom is 0.120 e.